The second-order valence-electron chi connectivity index (χ2n) is 4.43. The topological polar surface area (TPSA) is 35.2 Å². The van der Waals surface area contributed by atoms with Crippen LogP contribution < -0.4 is 10.5 Å². The number of hydrogen-bond donors (Lipinski definition) is 1. The molecule has 0 radical (unpaired) electrons. The monoisotopic (exact) mass is 283 g/mol. The molecule has 1 aromatic carbocycles. The zero-order chi connectivity index (χ0) is 11.7. The predicted octanol–water partition coefficient (Wildman–Crippen LogP) is 3.74. The molecule has 0 heterocycles. The van der Waals surface area contributed by atoms with Crippen LogP contribution in [0.3, 0.4) is 0 Å². The van der Waals surface area contributed by atoms with Crippen LogP contribution in [0.4, 0.5) is 0 Å². The molecule has 3 heteroatoms. The Balaban J connectivity index is 2.48. The van der Waals surface area contributed by atoms with Gasteiger partial charge in [0.1, 0.15) is 5.75 Å². The van der Waals surface area contributed by atoms with E-state index in [0.29, 0.717) is 12.5 Å². The molecule has 1 unspecified atom stereocenters. The van der Waals surface area contributed by atoms with E-state index < -0.39 is 0 Å². The highest BCUT2D eigenvalue weighted by atomic mass is 79.9. The molecule has 1 aliphatic rings. The fourth-order valence-corrected chi connectivity index (χ4v) is 3.26. The van der Waals surface area contributed by atoms with Crippen molar-refractivity contribution in [3.63, 3.8) is 0 Å². The van der Waals surface area contributed by atoms with Gasteiger partial charge in [0.2, 0.25) is 0 Å². The van der Waals surface area contributed by atoms with E-state index in [0.717, 1.165) is 16.6 Å². The average Bonchev–Trinajstić information content (AvgIpc) is 2.23. The summed E-state index contributed by atoms with van der Waals surface area (Å²) < 4.78 is 6.69. The first-order valence-corrected chi connectivity index (χ1v) is 6.64. The minimum atomic E-state index is 0.155. The number of fused-ring (bicyclic) bond motifs is 1. The lowest BCUT2D eigenvalue weighted by molar-refractivity contribution is 0.338. The average molecular weight is 284 g/mol. The lowest BCUT2D eigenvalue weighted by Gasteiger charge is -2.29. The SMILES string of the molecule is CCOc1cc(Br)c2c(c1)[C@@H](N)CCC2C. The lowest BCUT2D eigenvalue weighted by Crippen LogP contribution is -2.20. The molecule has 16 heavy (non-hydrogen) atoms. The quantitative estimate of drug-likeness (QED) is 0.897. The Morgan fingerprint density at radius 1 is 1.44 bits per heavy atom. The van der Waals surface area contributed by atoms with E-state index in [9.17, 15) is 0 Å². The molecule has 0 bridgehead atoms. The smallest absolute Gasteiger partial charge is 0.120 e. The Morgan fingerprint density at radius 2 is 2.19 bits per heavy atom. The molecular weight excluding hydrogens is 266 g/mol. The molecule has 2 N–H and O–H groups in total. The molecule has 0 fully saturated rings. The molecule has 0 spiro atoms. The maximum Gasteiger partial charge on any atom is 0.120 e. The van der Waals surface area contributed by atoms with Gasteiger partial charge in [-0.1, -0.05) is 22.9 Å². The summed E-state index contributed by atoms with van der Waals surface area (Å²) in [5.41, 5.74) is 8.78. The Bertz CT molecular complexity index is 392. The van der Waals surface area contributed by atoms with E-state index in [1.54, 1.807) is 0 Å². The molecule has 1 aromatic rings. The molecular formula is C13H18BrNO. The van der Waals surface area contributed by atoms with Crippen molar-refractivity contribution in [3.05, 3.63) is 27.7 Å². The van der Waals surface area contributed by atoms with Crippen molar-refractivity contribution in [2.45, 2.75) is 38.6 Å². The highest BCUT2D eigenvalue weighted by Crippen LogP contribution is 2.42. The molecule has 0 saturated carbocycles. The van der Waals surface area contributed by atoms with Crippen molar-refractivity contribution in [3.8, 4) is 5.75 Å². The van der Waals surface area contributed by atoms with Crippen molar-refractivity contribution in [2.75, 3.05) is 6.61 Å². The van der Waals surface area contributed by atoms with Gasteiger partial charge in [0.25, 0.3) is 0 Å². The maximum absolute atomic E-state index is 6.17. The van der Waals surface area contributed by atoms with Crippen LogP contribution >= 0.6 is 15.9 Å². The van der Waals surface area contributed by atoms with Gasteiger partial charge in [0, 0.05) is 10.5 Å². The molecule has 2 atom stereocenters. The van der Waals surface area contributed by atoms with E-state index >= 15 is 0 Å². The zero-order valence-electron chi connectivity index (χ0n) is 9.79. The van der Waals surface area contributed by atoms with Crippen LogP contribution in [0, 0.1) is 0 Å². The number of rotatable bonds is 2. The third-order valence-corrected chi connectivity index (χ3v) is 3.91. The van der Waals surface area contributed by atoms with Crippen molar-refractivity contribution >= 4 is 15.9 Å². The molecule has 88 valence electrons. The molecule has 2 rings (SSSR count). The number of halogens is 1. The highest BCUT2D eigenvalue weighted by molar-refractivity contribution is 9.10. The van der Waals surface area contributed by atoms with Crippen LogP contribution in [-0.4, -0.2) is 6.61 Å². The lowest BCUT2D eigenvalue weighted by atomic mass is 9.81. The second-order valence-corrected chi connectivity index (χ2v) is 5.28. The second kappa shape index (κ2) is 4.76. The highest BCUT2D eigenvalue weighted by Gasteiger charge is 2.25. The largest absolute Gasteiger partial charge is 0.494 e. The first kappa shape index (κ1) is 11.9. The van der Waals surface area contributed by atoms with Crippen molar-refractivity contribution in [1.82, 2.24) is 0 Å². The minimum Gasteiger partial charge on any atom is -0.494 e. The van der Waals surface area contributed by atoms with Crippen LogP contribution in [0.2, 0.25) is 0 Å². The van der Waals surface area contributed by atoms with Gasteiger partial charge in [-0.05, 0) is 48.9 Å². The fraction of sp³-hybridized carbons (Fsp3) is 0.538. The Kier molecular flexibility index (Phi) is 3.55. The van der Waals surface area contributed by atoms with Crippen LogP contribution in [0.25, 0.3) is 0 Å². The van der Waals surface area contributed by atoms with Gasteiger partial charge in [-0.2, -0.15) is 0 Å². The van der Waals surface area contributed by atoms with E-state index in [-0.39, 0.29) is 6.04 Å². The van der Waals surface area contributed by atoms with Crippen LogP contribution in [0.5, 0.6) is 5.75 Å². The van der Waals surface area contributed by atoms with Crippen LogP contribution in [0.1, 0.15) is 49.8 Å². The summed E-state index contributed by atoms with van der Waals surface area (Å²) in [4.78, 5) is 0. The third-order valence-electron chi connectivity index (χ3n) is 3.25. The third kappa shape index (κ3) is 2.11. The van der Waals surface area contributed by atoms with Crippen molar-refractivity contribution in [1.29, 1.82) is 0 Å². The predicted molar refractivity (Wildman–Crippen MR) is 69.9 cm³/mol. The summed E-state index contributed by atoms with van der Waals surface area (Å²) in [7, 11) is 0. The van der Waals surface area contributed by atoms with Gasteiger partial charge in [0.05, 0.1) is 6.61 Å². The molecule has 0 amide bonds. The summed E-state index contributed by atoms with van der Waals surface area (Å²) in [6, 6.07) is 4.31. The Hall–Kier alpha value is -0.540. The van der Waals surface area contributed by atoms with E-state index in [1.165, 1.54) is 17.5 Å². The van der Waals surface area contributed by atoms with E-state index in [1.807, 2.05) is 6.92 Å². The molecule has 2 nitrogen and oxygen atoms in total. The van der Waals surface area contributed by atoms with Gasteiger partial charge in [0.15, 0.2) is 0 Å². The van der Waals surface area contributed by atoms with Gasteiger partial charge in [-0.15, -0.1) is 0 Å². The molecule has 0 aromatic heterocycles. The van der Waals surface area contributed by atoms with E-state index in [2.05, 4.69) is 35.0 Å². The molecule has 0 saturated heterocycles. The minimum absolute atomic E-state index is 0.155. The molecule has 0 aliphatic heterocycles. The van der Waals surface area contributed by atoms with E-state index in [4.69, 9.17) is 10.5 Å². The summed E-state index contributed by atoms with van der Waals surface area (Å²) in [6.45, 7) is 4.95. The van der Waals surface area contributed by atoms with Gasteiger partial charge in [-0.25, -0.2) is 0 Å². The first-order chi connectivity index (χ1) is 7.63. The Labute approximate surface area is 105 Å². The summed E-state index contributed by atoms with van der Waals surface area (Å²) in [5.74, 6) is 1.50. The fourth-order valence-electron chi connectivity index (χ4n) is 2.42. The standard InChI is InChI=1S/C13H18BrNO/c1-3-16-9-6-10-12(15)5-4-8(2)13(10)11(14)7-9/h6-8,12H,3-5,15H2,1-2H3/t8?,12-/m0/s1. The van der Waals surface area contributed by atoms with Gasteiger partial charge < -0.3 is 10.5 Å². The number of nitrogens with two attached hydrogens (primary N) is 1. The van der Waals surface area contributed by atoms with Gasteiger partial charge in [-0.3, -0.25) is 0 Å². The van der Waals surface area contributed by atoms with Crippen molar-refractivity contribution in [2.24, 2.45) is 5.73 Å². The summed E-state index contributed by atoms with van der Waals surface area (Å²) >= 11 is 3.64. The summed E-state index contributed by atoms with van der Waals surface area (Å²) in [5, 5.41) is 0. The number of ether oxygens (including phenoxy) is 1. The Morgan fingerprint density at radius 3 is 2.88 bits per heavy atom. The van der Waals surface area contributed by atoms with Crippen LogP contribution in [0.15, 0.2) is 16.6 Å². The maximum atomic E-state index is 6.17. The summed E-state index contributed by atoms with van der Waals surface area (Å²) in [6.07, 6.45) is 2.23. The zero-order valence-corrected chi connectivity index (χ0v) is 11.4. The molecule has 1 aliphatic carbocycles. The first-order valence-electron chi connectivity index (χ1n) is 5.85. The van der Waals surface area contributed by atoms with Crippen molar-refractivity contribution < 1.29 is 4.74 Å². The number of hydrogen-bond acceptors (Lipinski definition) is 2. The van der Waals surface area contributed by atoms with Crippen LogP contribution in [-0.2, 0) is 0 Å². The normalized spacial score (nSPS) is 24.0. The van der Waals surface area contributed by atoms with Gasteiger partial charge >= 0.3 is 0 Å². The number of benzene rings is 1.